The van der Waals surface area contributed by atoms with Gasteiger partial charge in [-0.25, -0.2) is 9.78 Å². The van der Waals surface area contributed by atoms with Crippen molar-refractivity contribution in [3.8, 4) is 0 Å². The lowest BCUT2D eigenvalue weighted by molar-refractivity contribution is 0.180. The fourth-order valence-corrected chi connectivity index (χ4v) is 1.80. The molecule has 0 saturated heterocycles. The van der Waals surface area contributed by atoms with Crippen molar-refractivity contribution in [2.45, 2.75) is 27.7 Å². The van der Waals surface area contributed by atoms with E-state index in [0.29, 0.717) is 11.8 Å². The number of carbonyl (C=O) groups is 1. The van der Waals surface area contributed by atoms with E-state index in [0.717, 1.165) is 24.3 Å². The molecule has 0 aliphatic carbocycles. The summed E-state index contributed by atoms with van der Waals surface area (Å²) in [5, 5.41) is 0. The van der Waals surface area contributed by atoms with E-state index in [9.17, 15) is 4.79 Å². The Balaban J connectivity index is 3.27. The van der Waals surface area contributed by atoms with E-state index in [4.69, 9.17) is 4.74 Å². The predicted octanol–water partition coefficient (Wildman–Crippen LogP) is 2.14. The van der Waals surface area contributed by atoms with E-state index in [1.54, 1.807) is 7.05 Å². The SMILES string of the molecule is CCN(CC)c1nc(C)c(C)c(N(C)C(=O)OC)n1. The molecule has 6 heteroatoms. The van der Waals surface area contributed by atoms with E-state index in [2.05, 4.69) is 9.97 Å². The molecule has 0 N–H and O–H groups in total. The second-order valence-corrected chi connectivity index (χ2v) is 4.26. The first-order valence-corrected chi connectivity index (χ1v) is 6.38. The van der Waals surface area contributed by atoms with E-state index in [1.165, 1.54) is 12.0 Å². The summed E-state index contributed by atoms with van der Waals surface area (Å²) in [7, 11) is 3.00. The van der Waals surface area contributed by atoms with Crippen LogP contribution in [0.25, 0.3) is 0 Å². The summed E-state index contributed by atoms with van der Waals surface area (Å²) in [6, 6.07) is 0. The number of anilines is 2. The van der Waals surface area contributed by atoms with Crippen molar-refractivity contribution in [2.75, 3.05) is 37.0 Å². The maximum absolute atomic E-state index is 11.6. The van der Waals surface area contributed by atoms with Crippen LogP contribution in [0, 0.1) is 13.8 Å². The number of carbonyl (C=O) groups excluding carboxylic acids is 1. The van der Waals surface area contributed by atoms with Crippen LogP contribution < -0.4 is 9.80 Å². The predicted molar refractivity (Wildman–Crippen MR) is 75.9 cm³/mol. The first-order chi connectivity index (χ1) is 8.96. The number of hydrogen-bond donors (Lipinski definition) is 0. The third-order valence-corrected chi connectivity index (χ3v) is 3.16. The van der Waals surface area contributed by atoms with Gasteiger partial charge >= 0.3 is 6.09 Å². The first-order valence-electron chi connectivity index (χ1n) is 6.38. The van der Waals surface area contributed by atoms with Crippen LogP contribution in [0.4, 0.5) is 16.6 Å². The molecule has 106 valence electrons. The van der Waals surface area contributed by atoms with Gasteiger partial charge in [-0.05, 0) is 27.7 Å². The maximum Gasteiger partial charge on any atom is 0.414 e. The number of methoxy groups -OCH3 is 1. The van der Waals surface area contributed by atoms with Gasteiger partial charge in [-0.1, -0.05) is 0 Å². The van der Waals surface area contributed by atoms with Crippen LogP contribution in [-0.2, 0) is 4.74 Å². The topological polar surface area (TPSA) is 58.6 Å². The summed E-state index contributed by atoms with van der Waals surface area (Å²) in [5.41, 5.74) is 1.74. The zero-order chi connectivity index (χ0) is 14.6. The number of amides is 1. The first kappa shape index (κ1) is 15.2. The number of ether oxygens (including phenoxy) is 1. The Morgan fingerprint density at radius 1 is 1.21 bits per heavy atom. The molecule has 1 aromatic rings. The third kappa shape index (κ3) is 3.13. The van der Waals surface area contributed by atoms with Gasteiger partial charge in [0.2, 0.25) is 5.95 Å². The van der Waals surface area contributed by atoms with Gasteiger partial charge in [0, 0.05) is 31.4 Å². The smallest absolute Gasteiger partial charge is 0.414 e. The summed E-state index contributed by atoms with van der Waals surface area (Å²) >= 11 is 0. The van der Waals surface area contributed by atoms with Crippen LogP contribution >= 0.6 is 0 Å². The summed E-state index contributed by atoms with van der Waals surface area (Å²) in [6.07, 6.45) is -0.438. The summed E-state index contributed by atoms with van der Waals surface area (Å²) in [5.74, 6) is 1.22. The van der Waals surface area contributed by atoms with Gasteiger partial charge in [-0.3, -0.25) is 4.90 Å². The van der Waals surface area contributed by atoms with Crippen LogP contribution in [0.5, 0.6) is 0 Å². The van der Waals surface area contributed by atoms with Crippen molar-refractivity contribution in [3.63, 3.8) is 0 Å². The molecule has 0 bridgehead atoms. The van der Waals surface area contributed by atoms with Crippen molar-refractivity contribution < 1.29 is 9.53 Å². The average molecular weight is 266 g/mol. The number of hydrogen-bond acceptors (Lipinski definition) is 5. The number of aryl methyl sites for hydroxylation is 1. The largest absolute Gasteiger partial charge is 0.452 e. The Morgan fingerprint density at radius 2 is 1.79 bits per heavy atom. The highest BCUT2D eigenvalue weighted by Crippen LogP contribution is 2.22. The summed E-state index contributed by atoms with van der Waals surface area (Å²) < 4.78 is 4.73. The van der Waals surface area contributed by atoms with E-state index >= 15 is 0 Å². The average Bonchev–Trinajstić information content (AvgIpc) is 2.42. The minimum Gasteiger partial charge on any atom is -0.452 e. The molecule has 0 aliphatic rings. The molecule has 0 atom stereocenters. The normalized spacial score (nSPS) is 10.2. The molecule has 19 heavy (non-hydrogen) atoms. The second kappa shape index (κ2) is 6.36. The van der Waals surface area contributed by atoms with Gasteiger partial charge in [0.15, 0.2) is 0 Å². The second-order valence-electron chi connectivity index (χ2n) is 4.26. The molecular weight excluding hydrogens is 244 g/mol. The Labute approximate surface area is 114 Å². The van der Waals surface area contributed by atoms with Crippen molar-refractivity contribution in [2.24, 2.45) is 0 Å². The molecule has 0 saturated carbocycles. The minimum atomic E-state index is -0.438. The Hall–Kier alpha value is -1.85. The fourth-order valence-electron chi connectivity index (χ4n) is 1.80. The lowest BCUT2D eigenvalue weighted by Crippen LogP contribution is -2.30. The molecular formula is C13H22N4O2. The van der Waals surface area contributed by atoms with Gasteiger partial charge in [0.1, 0.15) is 5.82 Å². The highest BCUT2D eigenvalue weighted by Gasteiger charge is 2.19. The highest BCUT2D eigenvalue weighted by atomic mass is 16.5. The Bertz CT molecular complexity index is 458. The quantitative estimate of drug-likeness (QED) is 0.835. The van der Waals surface area contributed by atoms with Gasteiger partial charge in [0.25, 0.3) is 0 Å². The van der Waals surface area contributed by atoms with Crippen LogP contribution in [0.3, 0.4) is 0 Å². The molecule has 6 nitrogen and oxygen atoms in total. The van der Waals surface area contributed by atoms with Crippen molar-refractivity contribution in [1.29, 1.82) is 0 Å². The molecule has 0 aliphatic heterocycles. The Kier molecular flexibility index (Phi) is 5.09. The van der Waals surface area contributed by atoms with Crippen LogP contribution in [0.15, 0.2) is 0 Å². The fraction of sp³-hybridized carbons (Fsp3) is 0.615. The molecule has 0 fully saturated rings. The molecule has 0 spiro atoms. The number of aromatic nitrogens is 2. The highest BCUT2D eigenvalue weighted by molar-refractivity contribution is 5.86. The van der Waals surface area contributed by atoms with E-state index in [1.807, 2.05) is 32.6 Å². The summed E-state index contributed by atoms with van der Waals surface area (Å²) in [4.78, 5) is 24.0. The Morgan fingerprint density at radius 3 is 2.26 bits per heavy atom. The van der Waals surface area contributed by atoms with Crippen LogP contribution in [0.1, 0.15) is 25.1 Å². The van der Waals surface area contributed by atoms with Crippen LogP contribution in [-0.4, -0.2) is 43.3 Å². The minimum absolute atomic E-state index is 0.438. The molecule has 0 radical (unpaired) electrons. The zero-order valence-corrected chi connectivity index (χ0v) is 12.5. The van der Waals surface area contributed by atoms with Gasteiger partial charge in [-0.15, -0.1) is 0 Å². The molecule has 1 rings (SSSR count). The molecule has 1 amide bonds. The van der Waals surface area contributed by atoms with Crippen LogP contribution in [0.2, 0.25) is 0 Å². The standard InChI is InChI=1S/C13H22N4O2/c1-7-17(8-2)12-14-10(4)9(3)11(15-12)16(5)13(18)19-6/h7-8H2,1-6H3. The van der Waals surface area contributed by atoms with E-state index in [-0.39, 0.29) is 0 Å². The molecule has 0 unspecified atom stereocenters. The lowest BCUT2D eigenvalue weighted by Gasteiger charge is -2.23. The maximum atomic E-state index is 11.6. The zero-order valence-electron chi connectivity index (χ0n) is 12.5. The van der Waals surface area contributed by atoms with E-state index < -0.39 is 6.09 Å². The van der Waals surface area contributed by atoms with Crippen molar-refractivity contribution in [3.05, 3.63) is 11.3 Å². The van der Waals surface area contributed by atoms with Gasteiger partial charge < -0.3 is 9.64 Å². The van der Waals surface area contributed by atoms with Gasteiger partial charge in [-0.2, -0.15) is 4.98 Å². The third-order valence-electron chi connectivity index (χ3n) is 3.16. The van der Waals surface area contributed by atoms with Gasteiger partial charge in [0.05, 0.1) is 7.11 Å². The molecule has 1 heterocycles. The monoisotopic (exact) mass is 266 g/mol. The lowest BCUT2D eigenvalue weighted by atomic mass is 10.2. The van der Waals surface area contributed by atoms with Crippen molar-refractivity contribution in [1.82, 2.24) is 9.97 Å². The van der Waals surface area contributed by atoms with Crippen molar-refractivity contribution >= 4 is 17.9 Å². The number of rotatable bonds is 4. The summed E-state index contributed by atoms with van der Waals surface area (Å²) in [6.45, 7) is 9.55. The molecule has 1 aromatic heterocycles. The molecule has 0 aromatic carbocycles. The number of nitrogens with zero attached hydrogens (tertiary/aromatic N) is 4.